The lowest BCUT2D eigenvalue weighted by atomic mass is 10.0. The largest absolute Gasteiger partial charge is 0.396 e. The molecule has 2 heterocycles. The Morgan fingerprint density at radius 2 is 2.35 bits per heavy atom. The molecule has 5 nitrogen and oxygen atoms in total. The third-order valence-electron chi connectivity index (χ3n) is 3.51. The van der Waals surface area contributed by atoms with Gasteiger partial charge in [0.2, 0.25) is 5.78 Å². The molecule has 0 spiro atoms. The number of aliphatic hydroxyl groups excluding tert-OH is 1. The van der Waals surface area contributed by atoms with Crippen molar-refractivity contribution in [3.05, 3.63) is 37.8 Å². The third-order valence-corrected chi connectivity index (χ3v) is 5.98. The average molecular weight is 419 g/mol. The van der Waals surface area contributed by atoms with Gasteiger partial charge in [-0.25, -0.2) is 9.97 Å². The van der Waals surface area contributed by atoms with Crippen molar-refractivity contribution >= 4 is 50.5 Å². The van der Waals surface area contributed by atoms with E-state index in [1.807, 2.05) is 6.92 Å². The fourth-order valence-corrected chi connectivity index (χ4v) is 3.70. The summed E-state index contributed by atoms with van der Waals surface area (Å²) in [4.78, 5) is 21.2. The second kappa shape index (κ2) is 8.73. The SMILES string of the molecule is CCC(CO)CCNc1ncncc1C(=O)c1cc(Br)c(Cl)s1. The molecule has 2 aromatic rings. The maximum absolute atomic E-state index is 12.6. The van der Waals surface area contributed by atoms with E-state index in [0.29, 0.717) is 31.6 Å². The fourth-order valence-electron chi connectivity index (χ4n) is 2.05. The van der Waals surface area contributed by atoms with E-state index in [2.05, 4.69) is 31.2 Å². The number of anilines is 1. The molecule has 2 rings (SSSR count). The smallest absolute Gasteiger partial charge is 0.208 e. The molecule has 0 aliphatic heterocycles. The van der Waals surface area contributed by atoms with E-state index in [1.165, 1.54) is 23.9 Å². The van der Waals surface area contributed by atoms with Crippen LogP contribution in [0.5, 0.6) is 0 Å². The van der Waals surface area contributed by atoms with Crippen LogP contribution in [-0.4, -0.2) is 34.0 Å². The highest BCUT2D eigenvalue weighted by atomic mass is 79.9. The van der Waals surface area contributed by atoms with Crippen LogP contribution in [0.15, 0.2) is 23.1 Å². The molecule has 23 heavy (non-hydrogen) atoms. The van der Waals surface area contributed by atoms with Crippen LogP contribution < -0.4 is 5.32 Å². The number of aromatic nitrogens is 2. The van der Waals surface area contributed by atoms with Gasteiger partial charge in [0.25, 0.3) is 0 Å². The number of rotatable bonds is 8. The van der Waals surface area contributed by atoms with E-state index in [9.17, 15) is 9.90 Å². The molecule has 0 saturated carbocycles. The highest BCUT2D eigenvalue weighted by molar-refractivity contribution is 9.10. The normalized spacial score (nSPS) is 12.2. The maximum atomic E-state index is 12.6. The van der Waals surface area contributed by atoms with Gasteiger partial charge in [0, 0.05) is 23.8 Å². The molecule has 0 saturated heterocycles. The van der Waals surface area contributed by atoms with Crippen LogP contribution in [0, 0.1) is 5.92 Å². The number of aliphatic hydroxyl groups is 1. The van der Waals surface area contributed by atoms with Gasteiger partial charge < -0.3 is 10.4 Å². The van der Waals surface area contributed by atoms with Gasteiger partial charge in [0.1, 0.15) is 16.5 Å². The van der Waals surface area contributed by atoms with E-state index in [1.54, 1.807) is 6.07 Å². The van der Waals surface area contributed by atoms with Gasteiger partial charge in [-0.15, -0.1) is 11.3 Å². The average Bonchev–Trinajstić information content (AvgIpc) is 2.90. The second-order valence-corrected chi connectivity index (χ2v) is 7.53. The molecule has 1 atom stereocenters. The number of halogens is 2. The standard InChI is InChI=1S/C15H17BrClN3O2S/c1-2-9(7-21)3-4-19-15-10(6-18-8-20-15)13(22)12-5-11(16)14(17)23-12/h5-6,8-9,21H,2-4,7H2,1H3,(H,18,19,20). The number of ketones is 1. The first-order valence-corrected chi connectivity index (χ1v) is 9.19. The maximum Gasteiger partial charge on any atom is 0.208 e. The number of thiophene rings is 1. The first-order chi connectivity index (χ1) is 11.1. The molecule has 1 unspecified atom stereocenters. The summed E-state index contributed by atoms with van der Waals surface area (Å²) in [6.45, 7) is 2.83. The quantitative estimate of drug-likeness (QED) is 0.634. The van der Waals surface area contributed by atoms with E-state index in [-0.39, 0.29) is 18.3 Å². The summed E-state index contributed by atoms with van der Waals surface area (Å²) in [5, 5.41) is 12.4. The van der Waals surface area contributed by atoms with Gasteiger partial charge >= 0.3 is 0 Å². The Morgan fingerprint density at radius 3 is 2.96 bits per heavy atom. The fraction of sp³-hybridized carbons (Fsp3) is 0.400. The molecule has 8 heteroatoms. The minimum atomic E-state index is -0.167. The van der Waals surface area contributed by atoms with Crippen molar-refractivity contribution in [2.75, 3.05) is 18.5 Å². The summed E-state index contributed by atoms with van der Waals surface area (Å²) >= 11 is 10.5. The van der Waals surface area contributed by atoms with Crippen molar-refractivity contribution < 1.29 is 9.90 Å². The third kappa shape index (κ3) is 4.73. The van der Waals surface area contributed by atoms with Gasteiger partial charge in [-0.05, 0) is 34.3 Å². The van der Waals surface area contributed by atoms with E-state index >= 15 is 0 Å². The molecule has 0 radical (unpaired) electrons. The Bertz CT molecular complexity index is 657. The number of nitrogens with one attached hydrogen (secondary N) is 1. The van der Waals surface area contributed by atoms with Crippen LogP contribution in [0.4, 0.5) is 5.82 Å². The van der Waals surface area contributed by atoms with E-state index < -0.39 is 0 Å². The number of carbonyl (C=O) groups excluding carboxylic acids is 1. The van der Waals surface area contributed by atoms with Crippen LogP contribution in [0.3, 0.4) is 0 Å². The minimum absolute atomic E-state index is 0.162. The molecule has 124 valence electrons. The minimum Gasteiger partial charge on any atom is -0.396 e. The van der Waals surface area contributed by atoms with E-state index in [0.717, 1.165) is 12.8 Å². The molecule has 0 amide bonds. The summed E-state index contributed by atoms with van der Waals surface area (Å²) in [5.41, 5.74) is 0.412. The molecule has 0 aliphatic rings. The number of hydrogen-bond acceptors (Lipinski definition) is 6. The molecule has 0 bridgehead atoms. The summed E-state index contributed by atoms with van der Waals surface area (Å²) in [7, 11) is 0. The van der Waals surface area contributed by atoms with Crippen molar-refractivity contribution in [1.82, 2.24) is 9.97 Å². The van der Waals surface area contributed by atoms with Gasteiger partial charge in [0.15, 0.2) is 0 Å². The first kappa shape index (κ1) is 18.3. The monoisotopic (exact) mass is 417 g/mol. The zero-order valence-electron chi connectivity index (χ0n) is 12.6. The van der Waals surface area contributed by atoms with Crippen LogP contribution in [0.2, 0.25) is 4.34 Å². The lowest BCUT2D eigenvalue weighted by molar-refractivity contribution is 0.104. The zero-order chi connectivity index (χ0) is 16.8. The van der Waals surface area contributed by atoms with Gasteiger partial charge in [-0.2, -0.15) is 0 Å². The van der Waals surface area contributed by atoms with Crippen LogP contribution in [0.25, 0.3) is 0 Å². The van der Waals surface area contributed by atoms with Crippen molar-refractivity contribution in [3.8, 4) is 0 Å². The van der Waals surface area contributed by atoms with Crippen LogP contribution >= 0.6 is 38.9 Å². The van der Waals surface area contributed by atoms with E-state index in [4.69, 9.17) is 11.6 Å². The number of carbonyl (C=O) groups is 1. The zero-order valence-corrected chi connectivity index (χ0v) is 15.7. The van der Waals surface area contributed by atoms with Gasteiger partial charge in [-0.1, -0.05) is 24.9 Å². The second-order valence-electron chi connectivity index (χ2n) is 5.02. The highest BCUT2D eigenvalue weighted by Crippen LogP contribution is 2.33. The summed E-state index contributed by atoms with van der Waals surface area (Å²) < 4.78 is 1.24. The Labute approximate surface area is 152 Å². The molecule has 0 aliphatic carbocycles. The van der Waals surface area contributed by atoms with Crippen molar-refractivity contribution in [3.63, 3.8) is 0 Å². The Morgan fingerprint density at radius 1 is 1.57 bits per heavy atom. The summed E-state index contributed by atoms with van der Waals surface area (Å²) in [6, 6.07) is 1.70. The number of nitrogens with zero attached hydrogens (tertiary/aromatic N) is 2. The topological polar surface area (TPSA) is 75.1 Å². The first-order valence-electron chi connectivity index (χ1n) is 7.21. The van der Waals surface area contributed by atoms with Crippen LogP contribution in [-0.2, 0) is 0 Å². The number of hydrogen-bond donors (Lipinski definition) is 2. The Balaban J connectivity index is 2.12. The van der Waals surface area contributed by atoms with Crippen molar-refractivity contribution in [1.29, 1.82) is 0 Å². The Kier molecular flexibility index (Phi) is 6.95. The van der Waals surface area contributed by atoms with Gasteiger partial charge in [-0.3, -0.25) is 4.79 Å². The lowest BCUT2D eigenvalue weighted by Crippen LogP contribution is -2.15. The molecule has 2 aromatic heterocycles. The summed E-state index contributed by atoms with van der Waals surface area (Å²) in [5.74, 6) is 0.578. The molecular formula is C15H17BrClN3O2S. The van der Waals surface area contributed by atoms with Gasteiger partial charge in [0.05, 0.1) is 10.4 Å². The van der Waals surface area contributed by atoms with Crippen LogP contribution in [0.1, 0.15) is 35.0 Å². The predicted octanol–water partition coefficient (Wildman–Crippen LogP) is 4.01. The molecular weight excluding hydrogens is 402 g/mol. The summed E-state index contributed by atoms with van der Waals surface area (Å²) in [6.07, 6.45) is 4.62. The lowest BCUT2D eigenvalue weighted by Gasteiger charge is -2.13. The highest BCUT2D eigenvalue weighted by Gasteiger charge is 2.19. The molecule has 0 aromatic carbocycles. The molecule has 0 fully saturated rings. The Hall–Kier alpha value is -1.02. The van der Waals surface area contributed by atoms with Crippen molar-refractivity contribution in [2.24, 2.45) is 5.92 Å². The van der Waals surface area contributed by atoms with Crippen molar-refractivity contribution in [2.45, 2.75) is 19.8 Å². The predicted molar refractivity (Wildman–Crippen MR) is 96.5 cm³/mol. The molecule has 2 N–H and O–H groups in total.